The van der Waals surface area contributed by atoms with Gasteiger partial charge in [0.1, 0.15) is 58.4 Å². The summed E-state index contributed by atoms with van der Waals surface area (Å²) >= 11 is 0. The van der Waals surface area contributed by atoms with Crippen LogP contribution in [0.5, 0.6) is 0 Å². The minimum atomic E-state index is -7.22. The second-order valence-electron chi connectivity index (χ2n) is 14.2. The Balaban J connectivity index is 0.000000276. The van der Waals surface area contributed by atoms with Gasteiger partial charge in [0, 0.05) is 12.0 Å². The van der Waals surface area contributed by atoms with Crippen molar-refractivity contribution in [3.8, 4) is 0 Å². The van der Waals surface area contributed by atoms with Crippen LogP contribution in [0.2, 0.25) is 0 Å². The van der Waals surface area contributed by atoms with E-state index in [1.54, 1.807) is 24.4 Å². The maximum atomic E-state index is 15.4. The Bertz CT molecular complexity index is 2790. The summed E-state index contributed by atoms with van der Waals surface area (Å²) in [5.41, 5.74) is -11.0. The van der Waals surface area contributed by atoms with Gasteiger partial charge in [0.05, 0.1) is 11.8 Å². The number of carbonyl (C=O) groups is 1. The van der Waals surface area contributed by atoms with Crippen molar-refractivity contribution in [3.05, 3.63) is 212 Å². The molecular weight excluding hydrogens is 967 g/mol. The highest BCUT2D eigenvalue weighted by molar-refractivity contribution is 7.20. The molecule has 354 valence electrons. The summed E-state index contributed by atoms with van der Waals surface area (Å²) in [5.74, 6) is -72.3. The second-order valence-corrected chi connectivity index (χ2v) is 14.2. The molecule has 0 aliphatic rings. The SMILES string of the molecule is Fc1c(F)c(F)c([B-](c2c(F)c(F)c(F)c(F)c2F)(c2c(F)c(F)c(F)c(F)c2F)c2c(F)c(F)c(F)c(F)c2F)c(F)c1F.O=C(O)c1cccc(Cc2c[n+](Cc3ccccc3)ccn2)c1. The predicted molar refractivity (Wildman–Crippen MR) is 195 cm³/mol. The lowest BCUT2D eigenvalue weighted by atomic mass is 9.12. The number of aromatic carboxylic acids is 1. The van der Waals surface area contributed by atoms with E-state index < -0.39 is 150 Å². The largest absolute Gasteiger partial charge is 0.478 e. The molecule has 0 aliphatic heterocycles. The second kappa shape index (κ2) is 19.0. The first-order valence-corrected chi connectivity index (χ1v) is 18.3. The molecule has 6 aromatic carbocycles. The first-order chi connectivity index (χ1) is 31.9. The van der Waals surface area contributed by atoms with Crippen LogP contribution in [0, 0.1) is 116 Å². The quantitative estimate of drug-likeness (QED) is 0.0519. The van der Waals surface area contributed by atoms with Crippen molar-refractivity contribution in [1.29, 1.82) is 0 Å². The number of rotatable bonds is 9. The van der Waals surface area contributed by atoms with Crippen LogP contribution >= 0.6 is 0 Å². The van der Waals surface area contributed by atoms with Crippen molar-refractivity contribution in [2.24, 2.45) is 0 Å². The topological polar surface area (TPSA) is 54.1 Å². The normalized spacial score (nSPS) is 11.5. The molecule has 25 heteroatoms. The van der Waals surface area contributed by atoms with Gasteiger partial charge in [0.25, 0.3) is 0 Å². The van der Waals surface area contributed by atoms with Gasteiger partial charge in [-0.3, -0.25) is 0 Å². The number of benzene rings is 6. The van der Waals surface area contributed by atoms with Gasteiger partial charge in [-0.2, -0.15) is 4.57 Å². The molecular formula is C43H17BF20N2O2. The van der Waals surface area contributed by atoms with Gasteiger partial charge in [0.2, 0.25) is 0 Å². The van der Waals surface area contributed by atoms with E-state index >= 15 is 35.1 Å². The molecule has 7 aromatic rings. The molecule has 0 aliphatic carbocycles. The number of aromatic nitrogens is 2. The third kappa shape index (κ3) is 8.33. The van der Waals surface area contributed by atoms with E-state index in [0.717, 1.165) is 17.8 Å². The van der Waals surface area contributed by atoms with E-state index in [4.69, 9.17) is 5.11 Å². The Morgan fingerprint density at radius 3 is 1.10 bits per heavy atom. The zero-order chi connectivity index (χ0) is 50.4. The van der Waals surface area contributed by atoms with Crippen molar-refractivity contribution in [3.63, 3.8) is 0 Å². The standard InChI is InChI=1S/C24BF20.C19H16N2O2/c26-5-1(6(27)14(35)21(42)13(5)34)25(2-7(28)15(36)22(43)16(37)8(2)29,3-9(30)17(38)23(44)18(39)10(3)31)4-11(32)19(40)24(45)20(41)12(4)33;22-19(23)17-8-4-7-16(11-17)12-18-14-21(10-9-20-18)13-15-5-2-1-3-6-15/h;1-11,14H,12-13H2/q-1;/p+1. The Hall–Kier alpha value is -7.47. The van der Waals surface area contributed by atoms with Crippen LogP contribution in [-0.4, -0.2) is 22.2 Å². The molecule has 0 amide bonds. The number of carboxylic acid groups (broad SMARTS) is 1. The fraction of sp³-hybridized carbons (Fsp3) is 0.0465. The summed E-state index contributed by atoms with van der Waals surface area (Å²) in [4.78, 5) is 15.4. The van der Waals surface area contributed by atoms with E-state index in [2.05, 4.69) is 21.7 Å². The molecule has 1 aromatic heterocycles. The monoisotopic (exact) mass is 984 g/mol. The Morgan fingerprint density at radius 1 is 0.441 bits per heavy atom. The minimum absolute atomic E-state index is 0.301. The molecule has 1 heterocycles. The van der Waals surface area contributed by atoms with Gasteiger partial charge in [0.15, 0.2) is 88.7 Å². The molecule has 0 saturated heterocycles. The summed E-state index contributed by atoms with van der Waals surface area (Å²) in [7, 11) is 0. The molecule has 7 rings (SSSR count). The zero-order valence-corrected chi connectivity index (χ0v) is 32.7. The van der Waals surface area contributed by atoms with Gasteiger partial charge in [-0.15, -0.1) is 21.9 Å². The van der Waals surface area contributed by atoms with Crippen molar-refractivity contribution in [2.45, 2.75) is 13.0 Å². The van der Waals surface area contributed by atoms with Crippen molar-refractivity contribution >= 4 is 34.0 Å². The van der Waals surface area contributed by atoms with Crippen LogP contribution in [0.4, 0.5) is 87.8 Å². The van der Waals surface area contributed by atoms with E-state index in [0.29, 0.717) is 12.0 Å². The summed E-state index contributed by atoms with van der Waals surface area (Å²) < 4.78 is 296. The van der Waals surface area contributed by atoms with Gasteiger partial charge in [-0.25, -0.2) is 97.6 Å². The maximum absolute atomic E-state index is 15.4. The van der Waals surface area contributed by atoms with Gasteiger partial charge < -0.3 is 5.11 Å². The highest BCUT2D eigenvalue weighted by atomic mass is 19.2. The summed E-state index contributed by atoms with van der Waals surface area (Å²) in [6.45, 7) is 0.783. The summed E-state index contributed by atoms with van der Waals surface area (Å²) in [6, 6.07) is 17.2. The van der Waals surface area contributed by atoms with Gasteiger partial charge in [-0.1, -0.05) is 42.5 Å². The average molecular weight is 984 g/mol. The third-order valence-electron chi connectivity index (χ3n) is 10.3. The lowest BCUT2D eigenvalue weighted by Gasteiger charge is -2.44. The van der Waals surface area contributed by atoms with E-state index in [1.165, 1.54) is 5.56 Å². The van der Waals surface area contributed by atoms with E-state index in [9.17, 15) is 57.5 Å². The van der Waals surface area contributed by atoms with Gasteiger partial charge >= 0.3 is 5.97 Å². The van der Waals surface area contributed by atoms with Crippen LogP contribution < -0.4 is 26.4 Å². The van der Waals surface area contributed by atoms with Gasteiger partial charge in [-0.05, 0) is 17.7 Å². The maximum Gasteiger partial charge on any atom is 0.335 e. The molecule has 0 bridgehead atoms. The predicted octanol–water partition coefficient (Wildman–Crippen LogP) is 8.55. The van der Waals surface area contributed by atoms with E-state index in [-0.39, 0.29) is 0 Å². The molecule has 68 heavy (non-hydrogen) atoms. The fourth-order valence-corrected chi connectivity index (χ4v) is 7.36. The smallest absolute Gasteiger partial charge is 0.335 e. The molecule has 4 nitrogen and oxygen atoms in total. The van der Waals surface area contributed by atoms with Crippen LogP contribution in [-0.2, 0) is 13.0 Å². The third-order valence-corrected chi connectivity index (χ3v) is 10.3. The van der Waals surface area contributed by atoms with Crippen molar-refractivity contribution in [2.75, 3.05) is 0 Å². The molecule has 0 fully saturated rings. The van der Waals surface area contributed by atoms with Crippen LogP contribution in [0.1, 0.15) is 27.2 Å². The Labute approximate surface area is 365 Å². The first-order valence-electron chi connectivity index (χ1n) is 18.3. The zero-order valence-electron chi connectivity index (χ0n) is 32.7. The fourth-order valence-electron chi connectivity index (χ4n) is 7.36. The highest BCUT2D eigenvalue weighted by Crippen LogP contribution is 2.31. The Kier molecular flexibility index (Phi) is 14.0. The first kappa shape index (κ1) is 50.0. The molecule has 0 spiro atoms. The Morgan fingerprint density at radius 2 is 0.765 bits per heavy atom. The molecule has 0 atom stereocenters. The number of halogens is 20. The number of hydrogen-bond acceptors (Lipinski definition) is 2. The number of nitrogens with zero attached hydrogens (tertiary/aromatic N) is 2. The van der Waals surface area contributed by atoms with Crippen molar-refractivity contribution in [1.82, 2.24) is 4.98 Å². The number of hydrogen-bond donors (Lipinski definition) is 1. The van der Waals surface area contributed by atoms with Crippen LogP contribution in [0.3, 0.4) is 0 Å². The minimum Gasteiger partial charge on any atom is -0.478 e. The highest BCUT2D eigenvalue weighted by Gasteiger charge is 2.52. The average Bonchev–Trinajstić information content (AvgIpc) is 3.32. The molecule has 0 saturated carbocycles. The summed E-state index contributed by atoms with van der Waals surface area (Å²) in [6.07, 6.45) is -0.897. The summed E-state index contributed by atoms with van der Waals surface area (Å²) in [5, 5.41) is 9.06. The van der Waals surface area contributed by atoms with Crippen LogP contribution in [0.15, 0.2) is 73.2 Å². The van der Waals surface area contributed by atoms with Crippen molar-refractivity contribution < 1.29 is 102 Å². The molecule has 1 N–H and O–H groups in total. The molecule has 0 unspecified atom stereocenters. The number of carboxylic acids is 1. The van der Waals surface area contributed by atoms with Crippen LogP contribution in [0.25, 0.3) is 0 Å². The molecule has 0 radical (unpaired) electrons. The van der Waals surface area contributed by atoms with E-state index in [1.807, 2.05) is 36.7 Å². The lowest BCUT2D eigenvalue weighted by Crippen LogP contribution is -2.81. The lowest BCUT2D eigenvalue weighted by molar-refractivity contribution is -0.689.